The Hall–Kier alpha value is -1.36. The molecule has 204 valence electrons. The third-order valence-corrected chi connectivity index (χ3v) is 7.59. The second kappa shape index (κ2) is 14.0. The Labute approximate surface area is 238 Å². The number of hydrogen-bond donors (Lipinski definition) is 5. The SMILES string of the molecule is CC1(C)C2CCC1(CS(=O)(=O)O)C(=O)C2.O=C(O)CN(CCN(CC(=O)O)CC(=O)O)CC(=O)O.[CaH2]. The Morgan fingerprint density at radius 1 is 0.861 bits per heavy atom. The van der Waals surface area contributed by atoms with Crippen LogP contribution in [-0.2, 0) is 34.1 Å². The van der Waals surface area contributed by atoms with Gasteiger partial charge in [0.1, 0.15) is 5.78 Å². The van der Waals surface area contributed by atoms with E-state index in [1.807, 2.05) is 13.8 Å². The van der Waals surface area contributed by atoms with Gasteiger partial charge in [-0.2, -0.15) is 8.42 Å². The van der Waals surface area contributed by atoms with Crippen LogP contribution in [0.15, 0.2) is 0 Å². The van der Waals surface area contributed by atoms with E-state index in [4.69, 9.17) is 25.0 Å². The third kappa shape index (κ3) is 10.2. The Balaban J connectivity index is 0.000000682. The minimum atomic E-state index is -4.08. The summed E-state index contributed by atoms with van der Waals surface area (Å²) in [6.45, 7) is 1.64. The quantitative estimate of drug-likeness (QED) is 0.123. The molecule has 2 rings (SSSR count). The van der Waals surface area contributed by atoms with Gasteiger partial charge >= 0.3 is 61.6 Å². The molecule has 2 aliphatic rings. The van der Waals surface area contributed by atoms with Crippen LogP contribution in [0.25, 0.3) is 0 Å². The number of rotatable bonds is 13. The molecule has 16 heteroatoms. The van der Waals surface area contributed by atoms with Crippen LogP contribution in [0.1, 0.15) is 33.1 Å². The summed E-state index contributed by atoms with van der Waals surface area (Å²) >= 11 is 0. The fourth-order valence-corrected chi connectivity index (χ4v) is 6.20. The molecule has 0 heterocycles. The second-order valence-electron chi connectivity index (χ2n) is 9.39. The van der Waals surface area contributed by atoms with Crippen molar-refractivity contribution in [3.63, 3.8) is 0 Å². The van der Waals surface area contributed by atoms with E-state index in [9.17, 15) is 32.4 Å². The Morgan fingerprint density at radius 2 is 1.22 bits per heavy atom. The van der Waals surface area contributed by atoms with Crippen molar-refractivity contribution in [1.29, 1.82) is 0 Å². The van der Waals surface area contributed by atoms with Crippen LogP contribution in [-0.4, -0.2) is 156 Å². The molecule has 0 aromatic carbocycles. The van der Waals surface area contributed by atoms with Gasteiger partial charge in [0.2, 0.25) is 0 Å². The molecule has 0 aromatic heterocycles. The Morgan fingerprint density at radius 3 is 1.44 bits per heavy atom. The zero-order chi connectivity index (χ0) is 27.2. The summed E-state index contributed by atoms with van der Waals surface area (Å²) in [4.78, 5) is 56.2. The number of hydrogen-bond acceptors (Lipinski definition) is 9. The zero-order valence-electron chi connectivity index (χ0n) is 19.5. The fraction of sp³-hybridized carbons (Fsp3) is 0.750. The van der Waals surface area contributed by atoms with E-state index in [1.54, 1.807) is 0 Å². The number of carboxylic acids is 4. The van der Waals surface area contributed by atoms with E-state index < -0.39 is 71.3 Å². The molecule has 0 radical (unpaired) electrons. The second-order valence-corrected chi connectivity index (χ2v) is 10.8. The Kier molecular flexibility index (Phi) is 13.4. The first kappa shape index (κ1) is 34.6. The topological polar surface area (TPSA) is 227 Å². The van der Waals surface area contributed by atoms with Gasteiger partial charge in [-0.25, -0.2) is 0 Å². The number of nitrogens with zero attached hydrogens (tertiary/aromatic N) is 2. The van der Waals surface area contributed by atoms with E-state index in [1.165, 1.54) is 0 Å². The average Bonchev–Trinajstić information content (AvgIpc) is 2.97. The molecule has 0 saturated heterocycles. The van der Waals surface area contributed by atoms with Crippen molar-refractivity contribution in [3.05, 3.63) is 0 Å². The predicted molar refractivity (Wildman–Crippen MR) is 127 cm³/mol. The van der Waals surface area contributed by atoms with Gasteiger partial charge < -0.3 is 20.4 Å². The first-order valence-corrected chi connectivity index (χ1v) is 12.3. The molecule has 36 heavy (non-hydrogen) atoms. The van der Waals surface area contributed by atoms with Crippen LogP contribution in [0, 0.1) is 16.7 Å². The normalized spacial score (nSPS) is 22.0. The summed E-state index contributed by atoms with van der Waals surface area (Å²) in [5.41, 5.74) is -1.12. The average molecular weight is 567 g/mol. The van der Waals surface area contributed by atoms with E-state index >= 15 is 0 Å². The van der Waals surface area contributed by atoms with Gasteiger partial charge in [-0.3, -0.25) is 38.3 Å². The van der Waals surface area contributed by atoms with Gasteiger partial charge in [0, 0.05) is 19.5 Å². The van der Waals surface area contributed by atoms with Gasteiger partial charge in [0.05, 0.1) is 37.3 Å². The van der Waals surface area contributed by atoms with Crippen LogP contribution in [0.4, 0.5) is 0 Å². The third-order valence-electron chi connectivity index (χ3n) is 6.74. The zero-order valence-corrected chi connectivity index (χ0v) is 20.4. The summed E-state index contributed by atoms with van der Waals surface area (Å²) < 4.78 is 31.0. The van der Waals surface area contributed by atoms with Crippen LogP contribution in [0.5, 0.6) is 0 Å². The number of carbonyl (C=O) groups excluding carboxylic acids is 1. The van der Waals surface area contributed by atoms with Gasteiger partial charge in [-0.1, -0.05) is 13.8 Å². The first-order chi connectivity index (χ1) is 15.9. The molecule has 2 fully saturated rings. The summed E-state index contributed by atoms with van der Waals surface area (Å²) in [6.07, 6.45) is 1.97. The van der Waals surface area contributed by atoms with Crippen molar-refractivity contribution in [2.24, 2.45) is 16.7 Å². The first-order valence-electron chi connectivity index (χ1n) is 10.7. The van der Waals surface area contributed by atoms with Crippen molar-refractivity contribution in [2.45, 2.75) is 33.1 Å². The van der Waals surface area contributed by atoms with Crippen molar-refractivity contribution < 1.29 is 57.4 Å². The van der Waals surface area contributed by atoms with Gasteiger partial charge in [-0.05, 0) is 24.2 Å². The van der Waals surface area contributed by atoms with Gasteiger partial charge in [0.15, 0.2) is 0 Å². The summed E-state index contributed by atoms with van der Waals surface area (Å²) in [7, 11) is -4.08. The number of carbonyl (C=O) groups is 5. The molecule has 5 N–H and O–H groups in total. The van der Waals surface area contributed by atoms with Crippen LogP contribution >= 0.6 is 0 Å². The molecular formula is C20H34CaN2O12S. The van der Waals surface area contributed by atoms with Crippen LogP contribution in [0.3, 0.4) is 0 Å². The molecule has 0 spiro atoms. The molecule has 2 aliphatic carbocycles. The minimum absolute atomic E-state index is 0. The molecule has 2 bridgehead atoms. The summed E-state index contributed by atoms with van der Waals surface area (Å²) in [6, 6.07) is 0. The van der Waals surface area contributed by atoms with Crippen LogP contribution in [0.2, 0.25) is 0 Å². The van der Waals surface area contributed by atoms with E-state index in [2.05, 4.69) is 0 Å². The number of carboxylic acid groups (broad SMARTS) is 4. The fourth-order valence-electron chi connectivity index (χ4n) is 4.90. The van der Waals surface area contributed by atoms with E-state index in [0.717, 1.165) is 16.2 Å². The maximum absolute atomic E-state index is 11.9. The molecule has 14 nitrogen and oxygen atoms in total. The predicted octanol–water partition coefficient (Wildman–Crippen LogP) is -1.72. The molecule has 0 aromatic rings. The molecular weight excluding hydrogens is 532 g/mol. The van der Waals surface area contributed by atoms with E-state index in [0.29, 0.717) is 12.8 Å². The maximum atomic E-state index is 11.9. The number of Topliss-reactive ketones (excluding diaryl/α,β-unsaturated/α-hetero) is 1. The van der Waals surface area contributed by atoms with Gasteiger partial charge in [0.25, 0.3) is 10.1 Å². The van der Waals surface area contributed by atoms with Crippen molar-refractivity contribution in [1.82, 2.24) is 9.80 Å². The van der Waals surface area contributed by atoms with Crippen molar-refractivity contribution in [3.8, 4) is 0 Å². The van der Waals surface area contributed by atoms with E-state index in [-0.39, 0.29) is 67.9 Å². The summed E-state index contributed by atoms with van der Waals surface area (Å²) in [5, 5.41) is 34.5. The van der Waals surface area contributed by atoms with Crippen molar-refractivity contribution in [2.75, 3.05) is 45.0 Å². The molecule has 0 amide bonds. The number of ketones is 1. The number of aliphatic carboxylic acids is 4. The van der Waals surface area contributed by atoms with Gasteiger partial charge in [-0.15, -0.1) is 0 Å². The van der Waals surface area contributed by atoms with Crippen LogP contribution < -0.4 is 0 Å². The molecule has 2 unspecified atom stereocenters. The number of fused-ring (bicyclic) bond motifs is 2. The molecule has 2 saturated carbocycles. The molecule has 0 aliphatic heterocycles. The monoisotopic (exact) mass is 566 g/mol. The van der Waals surface area contributed by atoms with Crippen molar-refractivity contribution >= 4 is 77.5 Å². The Bertz CT molecular complexity index is 886. The summed E-state index contributed by atoms with van der Waals surface area (Å²) in [5.74, 6) is -5.01. The molecule has 2 atom stereocenters. The standard InChI is InChI=1S/C10H16N2O8.C10H16O4S.Ca.2H/c13-7(14)3-11(4-8(15)16)1-2-12(5-9(17)18)6-10(19)20;1-9(2)7-3-4-10(9,8(11)5-7)6-15(12,13)14;;;/h1-6H2,(H,13,14)(H,15,16)(H,17,18)(H,19,20);7H,3-6H2,1-2H3,(H,12,13,14);;;.